The first-order chi connectivity index (χ1) is 7.84. The van der Waals surface area contributed by atoms with Crippen molar-refractivity contribution in [1.82, 2.24) is 14.7 Å². The molecule has 3 rings (SSSR count). The molecule has 2 aromatic heterocycles. The predicted octanol–water partition coefficient (Wildman–Crippen LogP) is 1.21. The highest BCUT2D eigenvalue weighted by molar-refractivity contribution is 5.68. The third-order valence-corrected chi connectivity index (χ3v) is 3.27. The van der Waals surface area contributed by atoms with Gasteiger partial charge in [-0.05, 0) is 31.5 Å². The minimum Gasteiger partial charge on any atom is -0.397 e. The number of pyridine rings is 1. The summed E-state index contributed by atoms with van der Waals surface area (Å²) in [5.74, 6) is 1.10. The van der Waals surface area contributed by atoms with E-state index in [0.717, 1.165) is 30.0 Å². The maximum atomic E-state index is 5.90. The number of nitrogens with one attached hydrogen (secondary N) is 1. The molecule has 84 valence electrons. The molecule has 16 heavy (non-hydrogen) atoms. The summed E-state index contributed by atoms with van der Waals surface area (Å²) in [5, 5.41) is 3.49. The highest BCUT2D eigenvalue weighted by atomic mass is 15.0. The van der Waals surface area contributed by atoms with Crippen LogP contribution in [0.3, 0.4) is 0 Å². The van der Waals surface area contributed by atoms with Gasteiger partial charge in [-0.15, -0.1) is 0 Å². The number of rotatable bonds is 2. The Hall–Kier alpha value is -1.55. The molecule has 0 bridgehead atoms. The molecule has 3 heterocycles. The number of hydrogen-bond donors (Lipinski definition) is 2. The standard InChI is InChI=1S/C12H16N4/c13-10-4-2-6-16-11(10)8-15-12(16)7-9-3-1-5-14-9/h2,4,6,8-9,14H,1,3,5,7,13H2. The summed E-state index contributed by atoms with van der Waals surface area (Å²) in [4.78, 5) is 4.46. The zero-order valence-electron chi connectivity index (χ0n) is 9.19. The maximum absolute atomic E-state index is 5.90. The van der Waals surface area contributed by atoms with Crippen molar-refractivity contribution in [1.29, 1.82) is 0 Å². The van der Waals surface area contributed by atoms with Crippen LogP contribution in [0.5, 0.6) is 0 Å². The topological polar surface area (TPSA) is 55.4 Å². The van der Waals surface area contributed by atoms with Gasteiger partial charge in [-0.1, -0.05) is 0 Å². The summed E-state index contributed by atoms with van der Waals surface area (Å²) in [5.41, 5.74) is 7.70. The van der Waals surface area contributed by atoms with Crippen molar-refractivity contribution in [2.45, 2.75) is 25.3 Å². The van der Waals surface area contributed by atoms with Gasteiger partial charge in [-0.2, -0.15) is 0 Å². The minimum atomic E-state index is 0.576. The Kier molecular flexibility index (Phi) is 2.29. The van der Waals surface area contributed by atoms with Crippen molar-refractivity contribution >= 4 is 11.2 Å². The molecule has 1 atom stereocenters. The zero-order chi connectivity index (χ0) is 11.0. The van der Waals surface area contributed by atoms with Crippen molar-refractivity contribution in [3.8, 4) is 0 Å². The largest absolute Gasteiger partial charge is 0.397 e. The van der Waals surface area contributed by atoms with Crippen molar-refractivity contribution < 1.29 is 0 Å². The average molecular weight is 216 g/mol. The van der Waals surface area contributed by atoms with Crippen LogP contribution in [0.2, 0.25) is 0 Å². The van der Waals surface area contributed by atoms with E-state index < -0.39 is 0 Å². The Morgan fingerprint density at radius 2 is 2.50 bits per heavy atom. The molecular weight excluding hydrogens is 200 g/mol. The second-order valence-corrected chi connectivity index (χ2v) is 4.39. The van der Waals surface area contributed by atoms with E-state index in [1.54, 1.807) is 0 Å². The molecule has 2 aromatic rings. The third-order valence-electron chi connectivity index (χ3n) is 3.27. The van der Waals surface area contributed by atoms with Crippen LogP contribution in [-0.4, -0.2) is 22.0 Å². The van der Waals surface area contributed by atoms with Gasteiger partial charge in [0.05, 0.1) is 17.4 Å². The fourth-order valence-corrected chi connectivity index (χ4v) is 2.40. The smallest absolute Gasteiger partial charge is 0.114 e. The summed E-state index contributed by atoms with van der Waals surface area (Å²) in [6.45, 7) is 1.14. The SMILES string of the molecule is Nc1cccn2c(CC3CCCN3)ncc12. The highest BCUT2D eigenvalue weighted by Gasteiger charge is 2.17. The number of fused-ring (bicyclic) bond motifs is 1. The third kappa shape index (κ3) is 1.55. The van der Waals surface area contributed by atoms with Crippen molar-refractivity contribution in [2.75, 3.05) is 12.3 Å². The number of nitrogens with two attached hydrogens (primary N) is 1. The second-order valence-electron chi connectivity index (χ2n) is 4.39. The lowest BCUT2D eigenvalue weighted by Gasteiger charge is -2.09. The monoisotopic (exact) mass is 216 g/mol. The van der Waals surface area contributed by atoms with Crippen LogP contribution in [0.15, 0.2) is 24.5 Å². The van der Waals surface area contributed by atoms with E-state index in [-0.39, 0.29) is 0 Å². The van der Waals surface area contributed by atoms with Gasteiger partial charge < -0.3 is 15.5 Å². The van der Waals surface area contributed by atoms with Gasteiger partial charge in [0.25, 0.3) is 0 Å². The normalized spacial score (nSPS) is 20.6. The number of aromatic nitrogens is 2. The van der Waals surface area contributed by atoms with Gasteiger partial charge in [0.2, 0.25) is 0 Å². The van der Waals surface area contributed by atoms with Gasteiger partial charge in [0, 0.05) is 18.7 Å². The molecule has 4 heteroatoms. The number of nitrogens with zero attached hydrogens (tertiary/aromatic N) is 2. The van der Waals surface area contributed by atoms with Gasteiger partial charge in [0.1, 0.15) is 5.82 Å². The van der Waals surface area contributed by atoms with E-state index in [4.69, 9.17) is 5.73 Å². The number of imidazole rings is 1. The van der Waals surface area contributed by atoms with E-state index in [1.807, 2.05) is 24.5 Å². The predicted molar refractivity (Wildman–Crippen MR) is 64.3 cm³/mol. The molecule has 1 fully saturated rings. The Morgan fingerprint density at radius 3 is 3.31 bits per heavy atom. The minimum absolute atomic E-state index is 0.576. The molecule has 1 saturated heterocycles. The Morgan fingerprint density at radius 1 is 1.56 bits per heavy atom. The van der Waals surface area contributed by atoms with E-state index in [9.17, 15) is 0 Å². The molecule has 0 aromatic carbocycles. The first-order valence-electron chi connectivity index (χ1n) is 5.78. The maximum Gasteiger partial charge on any atom is 0.114 e. The van der Waals surface area contributed by atoms with Crippen LogP contribution in [0.4, 0.5) is 5.69 Å². The van der Waals surface area contributed by atoms with Crippen molar-refractivity contribution in [2.24, 2.45) is 0 Å². The Bertz CT molecular complexity index is 497. The summed E-state index contributed by atoms with van der Waals surface area (Å²) in [7, 11) is 0. The van der Waals surface area contributed by atoms with E-state index in [0.29, 0.717) is 6.04 Å². The number of nitrogen functional groups attached to an aromatic ring is 1. The molecule has 0 amide bonds. The van der Waals surface area contributed by atoms with Crippen LogP contribution >= 0.6 is 0 Å². The lowest BCUT2D eigenvalue weighted by molar-refractivity contribution is 0.584. The van der Waals surface area contributed by atoms with Crippen LogP contribution in [0.25, 0.3) is 5.52 Å². The summed E-state index contributed by atoms with van der Waals surface area (Å²) < 4.78 is 2.09. The first-order valence-corrected chi connectivity index (χ1v) is 5.78. The molecule has 1 aliphatic rings. The second kappa shape index (κ2) is 3.79. The molecular formula is C12H16N4. The molecule has 0 saturated carbocycles. The number of anilines is 1. The van der Waals surface area contributed by atoms with Gasteiger partial charge in [0.15, 0.2) is 0 Å². The molecule has 3 N–H and O–H groups in total. The molecule has 1 aliphatic heterocycles. The van der Waals surface area contributed by atoms with Gasteiger partial charge in [-0.25, -0.2) is 4.98 Å². The quantitative estimate of drug-likeness (QED) is 0.793. The lowest BCUT2D eigenvalue weighted by Crippen LogP contribution is -2.24. The average Bonchev–Trinajstić information content (AvgIpc) is 2.90. The first kappa shape index (κ1) is 9.66. The Labute approximate surface area is 94.5 Å². The van der Waals surface area contributed by atoms with Crippen LogP contribution in [0, 0.1) is 0 Å². The molecule has 1 unspecified atom stereocenters. The Balaban J connectivity index is 1.94. The van der Waals surface area contributed by atoms with Crippen molar-refractivity contribution in [3.63, 3.8) is 0 Å². The lowest BCUT2D eigenvalue weighted by atomic mass is 10.1. The fraction of sp³-hybridized carbons (Fsp3) is 0.417. The molecule has 0 aliphatic carbocycles. The molecule has 4 nitrogen and oxygen atoms in total. The van der Waals surface area contributed by atoms with Gasteiger partial charge in [-0.3, -0.25) is 0 Å². The summed E-state index contributed by atoms with van der Waals surface area (Å²) in [6, 6.07) is 4.46. The summed E-state index contributed by atoms with van der Waals surface area (Å²) in [6.07, 6.45) is 7.40. The van der Waals surface area contributed by atoms with E-state index >= 15 is 0 Å². The molecule has 0 radical (unpaired) electrons. The zero-order valence-corrected chi connectivity index (χ0v) is 9.19. The van der Waals surface area contributed by atoms with Crippen LogP contribution in [0.1, 0.15) is 18.7 Å². The number of hydrogen-bond acceptors (Lipinski definition) is 3. The summed E-state index contributed by atoms with van der Waals surface area (Å²) >= 11 is 0. The van der Waals surface area contributed by atoms with Crippen LogP contribution < -0.4 is 11.1 Å². The van der Waals surface area contributed by atoms with Gasteiger partial charge >= 0.3 is 0 Å². The fourth-order valence-electron chi connectivity index (χ4n) is 2.40. The van der Waals surface area contributed by atoms with E-state index in [2.05, 4.69) is 14.7 Å². The van der Waals surface area contributed by atoms with E-state index in [1.165, 1.54) is 12.8 Å². The highest BCUT2D eigenvalue weighted by Crippen LogP contribution is 2.17. The molecule has 0 spiro atoms. The van der Waals surface area contributed by atoms with Crippen molar-refractivity contribution in [3.05, 3.63) is 30.4 Å². The van der Waals surface area contributed by atoms with Crippen LogP contribution in [-0.2, 0) is 6.42 Å².